The van der Waals surface area contributed by atoms with E-state index in [-0.39, 0.29) is 39.1 Å². The largest absolute Gasteiger partial charge is 0.465 e. The molecule has 8 heteroatoms. The highest BCUT2D eigenvalue weighted by Gasteiger charge is 2.42. The summed E-state index contributed by atoms with van der Waals surface area (Å²) in [5.41, 5.74) is -1.35. The number of nitrogens with one attached hydrogen (secondary N) is 2. The van der Waals surface area contributed by atoms with Gasteiger partial charge in [0.05, 0.1) is 13.2 Å². The van der Waals surface area contributed by atoms with Crippen molar-refractivity contribution in [2.45, 2.75) is 40.5 Å². The summed E-state index contributed by atoms with van der Waals surface area (Å²) in [6.07, 6.45) is 0.458. The van der Waals surface area contributed by atoms with Gasteiger partial charge < -0.3 is 20.1 Å². The first kappa shape index (κ1) is 20.9. The van der Waals surface area contributed by atoms with Gasteiger partial charge in [0.1, 0.15) is 18.5 Å². The van der Waals surface area contributed by atoms with Gasteiger partial charge in [-0.3, -0.25) is 19.2 Å². The van der Waals surface area contributed by atoms with E-state index in [4.69, 9.17) is 9.47 Å². The first-order valence-corrected chi connectivity index (χ1v) is 7.75. The molecule has 0 atom stereocenters. The number of amides is 2. The summed E-state index contributed by atoms with van der Waals surface area (Å²) in [6.45, 7) is 6.51. The Balaban J connectivity index is 4.81. The molecule has 0 saturated heterocycles. The van der Waals surface area contributed by atoms with Gasteiger partial charge in [-0.25, -0.2) is 0 Å². The molecule has 23 heavy (non-hydrogen) atoms. The summed E-state index contributed by atoms with van der Waals surface area (Å²) >= 11 is 0. The Kier molecular flexibility index (Phi) is 9.60. The number of hydrogen-bond acceptors (Lipinski definition) is 6. The van der Waals surface area contributed by atoms with Crippen LogP contribution in [0.3, 0.4) is 0 Å². The molecule has 0 aromatic carbocycles. The predicted molar refractivity (Wildman–Crippen MR) is 82.3 cm³/mol. The number of carbonyl (C=O) groups excluding carboxylic acids is 4. The van der Waals surface area contributed by atoms with Gasteiger partial charge in [-0.1, -0.05) is 13.8 Å². The fourth-order valence-corrected chi connectivity index (χ4v) is 2.06. The molecule has 0 aliphatic rings. The molecule has 0 fully saturated rings. The SMILES string of the molecule is CCOC(=O)CNC(=O)C(CC)(CC)C(=O)NCC(=O)OCC. The van der Waals surface area contributed by atoms with E-state index in [0.717, 1.165) is 0 Å². The number of rotatable bonds is 10. The van der Waals surface area contributed by atoms with Gasteiger partial charge in [-0.05, 0) is 26.7 Å². The van der Waals surface area contributed by atoms with E-state index < -0.39 is 29.2 Å². The van der Waals surface area contributed by atoms with Gasteiger partial charge in [0.2, 0.25) is 11.8 Å². The number of carbonyl (C=O) groups is 4. The van der Waals surface area contributed by atoms with Crippen molar-refractivity contribution in [1.29, 1.82) is 0 Å². The Hall–Kier alpha value is -2.12. The van der Waals surface area contributed by atoms with E-state index in [1.807, 2.05) is 0 Å². The molecular formula is C15H26N2O6. The van der Waals surface area contributed by atoms with Gasteiger partial charge in [0.25, 0.3) is 0 Å². The zero-order valence-corrected chi connectivity index (χ0v) is 14.2. The highest BCUT2D eigenvalue weighted by atomic mass is 16.5. The van der Waals surface area contributed by atoms with Crippen LogP contribution in [0.2, 0.25) is 0 Å². The fourth-order valence-electron chi connectivity index (χ4n) is 2.06. The Bertz CT molecular complexity index is 396. The third kappa shape index (κ3) is 6.25. The Morgan fingerprint density at radius 3 is 1.35 bits per heavy atom. The molecule has 0 radical (unpaired) electrons. The third-order valence-corrected chi connectivity index (χ3v) is 3.47. The topological polar surface area (TPSA) is 111 Å². The standard InChI is InChI=1S/C15H26N2O6/c1-5-15(6-2,13(20)16-9-11(18)22-7-3)14(21)17-10-12(19)23-8-4/h5-10H2,1-4H3,(H,16,20)(H,17,21). The van der Waals surface area contributed by atoms with Gasteiger partial charge in [-0.15, -0.1) is 0 Å². The van der Waals surface area contributed by atoms with Crippen LogP contribution in [0.4, 0.5) is 0 Å². The summed E-state index contributed by atoms with van der Waals surface area (Å²) in [5, 5.41) is 4.83. The van der Waals surface area contributed by atoms with E-state index in [0.29, 0.717) is 0 Å². The van der Waals surface area contributed by atoms with E-state index in [1.54, 1.807) is 27.7 Å². The Morgan fingerprint density at radius 2 is 1.09 bits per heavy atom. The predicted octanol–water partition coefficient (Wildman–Crippen LogP) is 0.151. The molecule has 0 aromatic heterocycles. The van der Waals surface area contributed by atoms with Crippen molar-refractivity contribution in [3.63, 3.8) is 0 Å². The summed E-state index contributed by atoms with van der Waals surface area (Å²) < 4.78 is 9.45. The molecule has 2 amide bonds. The van der Waals surface area contributed by atoms with Gasteiger partial charge in [-0.2, -0.15) is 0 Å². The maximum atomic E-state index is 12.4. The Labute approximate surface area is 136 Å². The smallest absolute Gasteiger partial charge is 0.325 e. The monoisotopic (exact) mass is 330 g/mol. The maximum absolute atomic E-state index is 12.4. The molecule has 0 unspecified atom stereocenters. The van der Waals surface area contributed by atoms with E-state index in [1.165, 1.54) is 0 Å². The lowest BCUT2D eigenvalue weighted by Gasteiger charge is -2.28. The first-order chi connectivity index (χ1) is 10.9. The van der Waals surface area contributed by atoms with Crippen molar-refractivity contribution >= 4 is 23.8 Å². The highest BCUT2D eigenvalue weighted by Crippen LogP contribution is 2.27. The summed E-state index contributed by atoms with van der Waals surface area (Å²) in [4.78, 5) is 47.3. The molecule has 0 aromatic rings. The quantitative estimate of drug-likeness (QED) is 0.436. The molecule has 0 spiro atoms. The van der Waals surface area contributed by atoms with E-state index in [2.05, 4.69) is 10.6 Å². The van der Waals surface area contributed by atoms with Crippen LogP contribution in [0.5, 0.6) is 0 Å². The minimum Gasteiger partial charge on any atom is -0.465 e. The van der Waals surface area contributed by atoms with Crippen LogP contribution in [-0.2, 0) is 28.7 Å². The highest BCUT2D eigenvalue weighted by molar-refractivity contribution is 6.06. The van der Waals surface area contributed by atoms with Crippen LogP contribution in [0.25, 0.3) is 0 Å². The number of ether oxygens (including phenoxy) is 2. The number of hydrogen-bond donors (Lipinski definition) is 2. The second-order valence-corrected chi connectivity index (χ2v) is 4.76. The molecule has 0 heterocycles. The van der Waals surface area contributed by atoms with Crippen molar-refractivity contribution in [2.24, 2.45) is 5.41 Å². The third-order valence-electron chi connectivity index (χ3n) is 3.47. The second kappa shape index (κ2) is 10.6. The molecule has 0 aliphatic carbocycles. The summed E-state index contributed by atoms with van der Waals surface area (Å²) in [5.74, 6) is -2.29. The molecule has 0 bridgehead atoms. The molecular weight excluding hydrogens is 304 g/mol. The van der Waals surface area contributed by atoms with E-state index in [9.17, 15) is 19.2 Å². The molecule has 8 nitrogen and oxygen atoms in total. The maximum Gasteiger partial charge on any atom is 0.325 e. The van der Waals surface area contributed by atoms with Crippen molar-refractivity contribution in [3.05, 3.63) is 0 Å². The van der Waals surface area contributed by atoms with Gasteiger partial charge in [0, 0.05) is 0 Å². The minimum absolute atomic E-state index is 0.210. The lowest BCUT2D eigenvalue weighted by molar-refractivity contribution is -0.150. The summed E-state index contributed by atoms with van der Waals surface area (Å²) in [7, 11) is 0. The molecule has 0 saturated carbocycles. The zero-order valence-electron chi connectivity index (χ0n) is 14.2. The molecule has 132 valence electrons. The van der Waals surface area contributed by atoms with Crippen molar-refractivity contribution in [3.8, 4) is 0 Å². The average Bonchev–Trinajstić information content (AvgIpc) is 2.53. The second-order valence-electron chi connectivity index (χ2n) is 4.76. The number of esters is 2. The lowest BCUT2D eigenvalue weighted by atomic mass is 9.80. The van der Waals surface area contributed by atoms with Crippen molar-refractivity contribution in [2.75, 3.05) is 26.3 Å². The zero-order chi connectivity index (χ0) is 17.9. The van der Waals surface area contributed by atoms with Crippen LogP contribution < -0.4 is 10.6 Å². The minimum atomic E-state index is -1.35. The summed E-state index contributed by atoms with van der Waals surface area (Å²) in [6, 6.07) is 0. The normalized spacial score (nSPS) is 10.6. The van der Waals surface area contributed by atoms with Crippen molar-refractivity contribution in [1.82, 2.24) is 10.6 Å². The Morgan fingerprint density at radius 1 is 0.739 bits per heavy atom. The first-order valence-electron chi connectivity index (χ1n) is 7.75. The molecule has 2 N–H and O–H groups in total. The van der Waals surface area contributed by atoms with Crippen molar-refractivity contribution < 1.29 is 28.7 Å². The van der Waals surface area contributed by atoms with Crippen LogP contribution in [0, 0.1) is 5.41 Å². The fraction of sp³-hybridized carbons (Fsp3) is 0.733. The lowest BCUT2D eigenvalue weighted by Crippen LogP contribution is -2.52. The van der Waals surface area contributed by atoms with Gasteiger partial charge >= 0.3 is 11.9 Å². The average molecular weight is 330 g/mol. The van der Waals surface area contributed by atoms with Crippen LogP contribution >= 0.6 is 0 Å². The molecule has 0 aliphatic heterocycles. The van der Waals surface area contributed by atoms with Crippen LogP contribution in [0.15, 0.2) is 0 Å². The van der Waals surface area contributed by atoms with Gasteiger partial charge in [0.15, 0.2) is 0 Å². The van der Waals surface area contributed by atoms with Crippen LogP contribution in [0.1, 0.15) is 40.5 Å². The van der Waals surface area contributed by atoms with Crippen LogP contribution in [-0.4, -0.2) is 50.1 Å². The molecule has 0 rings (SSSR count). The van der Waals surface area contributed by atoms with E-state index >= 15 is 0 Å².